The molecule has 0 spiro atoms. The maximum Gasteiger partial charge on any atom is 0.330 e. The van der Waals surface area contributed by atoms with E-state index in [2.05, 4.69) is 13.5 Å². The Hall–Kier alpha value is -0.790. The molecule has 0 amide bonds. The van der Waals surface area contributed by atoms with Crippen molar-refractivity contribution in [2.75, 3.05) is 6.61 Å². The van der Waals surface area contributed by atoms with Gasteiger partial charge in [0, 0.05) is 11.5 Å². The summed E-state index contributed by atoms with van der Waals surface area (Å²) in [7, 11) is 0. The van der Waals surface area contributed by atoms with Crippen LogP contribution in [0.25, 0.3) is 0 Å². The molecule has 0 heterocycles. The summed E-state index contributed by atoms with van der Waals surface area (Å²) in [6.45, 7) is 6.24. The first kappa shape index (κ1) is 9.75. The number of rotatable bonds is 3. The lowest BCUT2D eigenvalue weighted by Gasteiger charge is -2.33. The zero-order valence-corrected chi connectivity index (χ0v) is 8.79. The highest BCUT2D eigenvalue weighted by Gasteiger charge is 2.48. The Bertz CT molecular complexity index is 259. The van der Waals surface area contributed by atoms with Crippen LogP contribution < -0.4 is 0 Å². The minimum absolute atomic E-state index is 0.252. The minimum Gasteiger partial charge on any atom is -0.462 e. The summed E-state index contributed by atoms with van der Waals surface area (Å²) < 4.78 is 5.17. The monoisotopic (exact) mass is 194 g/mol. The largest absolute Gasteiger partial charge is 0.462 e. The Morgan fingerprint density at radius 3 is 2.93 bits per heavy atom. The number of fused-ring (bicyclic) bond motifs is 2. The molecule has 0 radical (unpaired) electrons. The first-order valence-electron chi connectivity index (χ1n) is 5.43. The van der Waals surface area contributed by atoms with Crippen LogP contribution in [-0.2, 0) is 9.53 Å². The van der Waals surface area contributed by atoms with Gasteiger partial charge in [-0.05, 0) is 31.1 Å². The third kappa shape index (κ3) is 1.58. The average molecular weight is 194 g/mol. The third-order valence-corrected chi connectivity index (χ3v) is 3.99. The Morgan fingerprint density at radius 1 is 1.64 bits per heavy atom. The van der Waals surface area contributed by atoms with E-state index in [0.29, 0.717) is 6.61 Å². The standard InChI is InChI=1S/C12H18O2/c1-3-11(13)14-8-12(2)7-9-4-5-10(12)6-9/h3,9-10H,1,4-8H2,2H3. The van der Waals surface area contributed by atoms with Gasteiger partial charge in [0.15, 0.2) is 0 Å². The molecule has 0 N–H and O–H groups in total. The highest BCUT2D eigenvalue weighted by atomic mass is 16.5. The highest BCUT2D eigenvalue weighted by molar-refractivity contribution is 5.81. The summed E-state index contributed by atoms with van der Waals surface area (Å²) >= 11 is 0. The maximum absolute atomic E-state index is 11.0. The Balaban J connectivity index is 1.91. The van der Waals surface area contributed by atoms with E-state index in [4.69, 9.17) is 4.74 Å². The van der Waals surface area contributed by atoms with Crippen LogP contribution >= 0.6 is 0 Å². The van der Waals surface area contributed by atoms with Gasteiger partial charge in [-0.3, -0.25) is 0 Å². The number of hydrogen-bond acceptors (Lipinski definition) is 2. The van der Waals surface area contributed by atoms with Crippen molar-refractivity contribution < 1.29 is 9.53 Å². The zero-order valence-electron chi connectivity index (χ0n) is 8.79. The normalized spacial score (nSPS) is 39.8. The molecule has 14 heavy (non-hydrogen) atoms. The van der Waals surface area contributed by atoms with E-state index < -0.39 is 0 Å². The van der Waals surface area contributed by atoms with Crippen LogP contribution in [0.5, 0.6) is 0 Å². The van der Waals surface area contributed by atoms with Gasteiger partial charge in [0.1, 0.15) is 0 Å². The third-order valence-electron chi connectivity index (χ3n) is 3.99. The molecule has 2 aliphatic carbocycles. The number of esters is 1. The second-order valence-electron chi connectivity index (χ2n) is 5.05. The topological polar surface area (TPSA) is 26.3 Å². The summed E-state index contributed by atoms with van der Waals surface area (Å²) in [5.74, 6) is 1.39. The number of carbonyl (C=O) groups excluding carboxylic acids is 1. The van der Waals surface area contributed by atoms with Crippen LogP contribution in [0.3, 0.4) is 0 Å². The summed E-state index contributed by atoms with van der Waals surface area (Å²) in [5, 5.41) is 0. The maximum atomic E-state index is 11.0. The van der Waals surface area contributed by atoms with Gasteiger partial charge in [0.25, 0.3) is 0 Å². The van der Waals surface area contributed by atoms with Crippen LogP contribution in [-0.4, -0.2) is 12.6 Å². The predicted octanol–water partition coefficient (Wildman–Crippen LogP) is 2.54. The van der Waals surface area contributed by atoms with E-state index in [-0.39, 0.29) is 11.4 Å². The van der Waals surface area contributed by atoms with Gasteiger partial charge in [-0.15, -0.1) is 0 Å². The van der Waals surface area contributed by atoms with Crippen molar-refractivity contribution >= 4 is 5.97 Å². The second-order valence-corrected chi connectivity index (χ2v) is 5.05. The zero-order chi connectivity index (χ0) is 10.2. The molecule has 2 fully saturated rings. The van der Waals surface area contributed by atoms with Crippen molar-refractivity contribution in [3.05, 3.63) is 12.7 Å². The molecule has 2 bridgehead atoms. The quantitative estimate of drug-likeness (QED) is 0.510. The molecule has 2 heteroatoms. The Kier molecular flexibility index (Phi) is 2.38. The van der Waals surface area contributed by atoms with Crippen molar-refractivity contribution in [3.8, 4) is 0 Å². The van der Waals surface area contributed by atoms with Gasteiger partial charge in [-0.1, -0.05) is 19.9 Å². The fourth-order valence-corrected chi connectivity index (χ4v) is 3.19. The molecule has 78 valence electrons. The van der Waals surface area contributed by atoms with E-state index >= 15 is 0 Å². The molecular weight excluding hydrogens is 176 g/mol. The predicted molar refractivity (Wildman–Crippen MR) is 54.7 cm³/mol. The average Bonchev–Trinajstić information content (AvgIpc) is 2.74. The Labute approximate surface area is 85.3 Å². The van der Waals surface area contributed by atoms with Crippen molar-refractivity contribution in [1.82, 2.24) is 0 Å². The van der Waals surface area contributed by atoms with Crippen LogP contribution in [0.4, 0.5) is 0 Å². The van der Waals surface area contributed by atoms with Crippen molar-refractivity contribution in [2.24, 2.45) is 17.3 Å². The van der Waals surface area contributed by atoms with E-state index in [0.717, 1.165) is 11.8 Å². The van der Waals surface area contributed by atoms with Gasteiger partial charge < -0.3 is 4.74 Å². The molecule has 2 nitrogen and oxygen atoms in total. The van der Waals surface area contributed by atoms with Gasteiger partial charge in [0.05, 0.1) is 6.61 Å². The summed E-state index contributed by atoms with van der Waals surface area (Å²) in [5.41, 5.74) is 0.252. The smallest absolute Gasteiger partial charge is 0.330 e. The molecule has 2 aliphatic rings. The molecule has 0 aromatic heterocycles. The minimum atomic E-state index is -0.283. The van der Waals surface area contributed by atoms with Crippen LogP contribution in [0.2, 0.25) is 0 Å². The van der Waals surface area contributed by atoms with Gasteiger partial charge >= 0.3 is 5.97 Å². The number of hydrogen-bond donors (Lipinski definition) is 0. The Morgan fingerprint density at radius 2 is 2.43 bits per heavy atom. The fraction of sp³-hybridized carbons (Fsp3) is 0.750. The number of ether oxygens (including phenoxy) is 1. The molecule has 2 saturated carbocycles. The summed E-state index contributed by atoms with van der Waals surface area (Å²) in [4.78, 5) is 11.0. The van der Waals surface area contributed by atoms with E-state index in [1.807, 2.05) is 0 Å². The van der Waals surface area contributed by atoms with Crippen LogP contribution in [0, 0.1) is 17.3 Å². The lowest BCUT2D eigenvalue weighted by atomic mass is 9.75. The lowest BCUT2D eigenvalue weighted by molar-refractivity contribution is -0.142. The summed E-state index contributed by atoms with van der Waals surface area (Å²) in [6.07, 6.45) is 6.54. The SMILES string of the molecule is C=CC(=O)OCC1(C)CC2CCC1C2. The van der Waals surface area contributed by atoms with Crippen LogP contribution in [0.15, 0.2) is 12.7 Å². The lowest BCUT2D eigenvalue weighted by Crippen LogP contribution is -2.30. The molecular formula is C12H18O2. The molecule has 3 atom stereocenters. The van der Waals surface area contributed by atoms with Gasteiger partial charge in [-0.2, -0.15) is 0 Å². The van der Waals surface area contributed by atoms with E-state index in [9.17, 15) is 4.79 Å². The molecule has 0 aliphatic heterocycles. The van der Waals surface area contributed by atoms with Crippen molar-refractivity contribution in [1.29, 1.82) is 0 Å². The van der Waals surface area contributed by atoms with Gasteiger partial charge in [0.2, 0.25) is 0 Å². The first-order valence-corrected chi connectivity index (χ1v) is 5.43. The highest BCUT2D eigenvalue weighted by Crippen LogP contribution is 2.55. The molecule has 0 aromatic rings. The molecule has 3 unspecified atom stereocenters. The van der Waals surface area contributed by atoms with Crippen molar-refractivity contribution in [2.45, 2.75) is 32.6 Å². The fourth-order valence-electron chi connectivity index (χ4n) is 3.19. The molecule has 0 aromatic carbocycles. The van der Waals surface area contributed by atoms with Crippen LogP contribution in [0.1, 0.15) is 32.6 Å². The van der Waals surface area contributed by atoms with E-state index in [1.165, 1.54) is 31.8 Å². The molecule has 0 saturated heterocycles. The summed E-state index contributed by atoms with van der Waals surface area (Å²) in [6, 6.07) is 0. The first-order chi connectivity index (χ1) is 6.64. The second kappa shape index (κ2) is 3.41. The van der Waals surface area contributed by atoms with E-state index in [1.54, 1.807) is 0 Å². The number of carbonyl (C=O) groups is 1. The molecule has 2 rings (SSSR count). The van der Waals surface area contributed by atoms with Gasteiger partial charge in [-0.25, -0.2) is 4.79 Å². The van der Waals surface area contributed by atoms with Crippen molar-refractivity contribution in [3.63, 3.8) is 0 Å².